The minimum Gasteiger partial charge on any atom is -0.387 e. The maximum atomic E-state index is 12.9. The van der Waals surface area contributed by atoms with Crippen molar-refractivity contribution in [1.82, 2.24) is 5.32 Å². The molecule has 0 amide bonds. The normalized spacial score (nSPS) is 12.9. The van der Waals surface area contributed by atoms with E-state index in [4.69, 9.17) is 23.2 Å². The van der Waals surface area contributed by atoms with E-state index in [0.29, 0.717) is 12.1 Å². The molecule has 2 N–H and O–H groups in total. The van der Waals surface area contributed by atoms with Gasteiger partial charge in [-0.2, -0.15) is 0 Å². The van der Waals surface area contributed by atoms with Gasteiger partial charge in [-0.15, -0.1) is 0 Å². The molecule has 0 radical (unpaired) electrons. The Morgan fingerprint density at radius 1 is 1.43 bits per heavy atom. The van der Waals surface area contributed by atoms with Crippen molar-refractivity contribution in [3.05, 3.63) is 33.6 Å². The molecule has 1 aromatic rings. The zero-order valence-electron chi connectivity index (χ0n) is 7.52. The second kappa shape index (κ2) is 4.94. The standard InChI is InChI=1S/C9H10Cl2FNO/c1-13-4-9(14)5-2-7(11)8(12)3-6(5)10/h2-3,9,13-14H,4H2,1H3. The third-order valence-electron chi connectivity index (χ3n) is 1.80. The molecule has 0 aliphatic carbocycles. The van der Waals surface area contributed by atoms with Gasteiger partial charge in [-0.25, -0.2) is 4.39 Å². The van der Waals surface area contributed by atoms with Crippen molar-refractivity contribution in [2.75, 3.05) is 13.6 Å². The van der Waals surface area contributed by atoms with E-state index in [-0.39, 0.29) is 10.0 Å². The first kappa shape index (κ1) is 11.7. The number of halogens is 3. The number of nitrogens with one attached hydrogen (secondary N) is 1. The van der Waals surface area contributed by atoms with Crippen LogP contribution in [0.4, 0.5) is 4.39 Å². The van der Waals surface area contributed by atoms with Crippen LogP contribution in [0.5, 0.6) is 0 Å². The molecule has 1 aromatic carbocycles. The molecule has 0 fully saturated rings. The third kappa shape index (κ3) is 2.58. The van der Waals surface area contributed by atoms with Crippen LogP contribution in [-0.2, 0) is 0 Å². The number of aliphatic hydroxyl groups excluding tert-OH is 1. The zero-order valence-corrected chi connectivity index (χ0v) is 9.03. The van der Waals surface area contributed by atoms with Crippen molar-refractivity contribution in [2.45, 2.75) is 6.10 Å². The minimum atomic E-state index is -0.786. The van der Waals surface area contributed by atoms with Gasteiger partial charge in [0.1, 0.15) is 5.82 Å². The predicted octanol–water partition coefficient (Wildman–Crippen LogP) is 2.39. The molecule has 1 unspecified atom stereocenters. The molecular formula is C9H10Cl2FNO. The van der Waals surface area contributed by atoms with E-state index in [9.17, 15) is 9.50 Å². The summed E-state index contributed by atoms with van der Waals surface area (Å²) in [6, 6.07) is 2.43. The molecule has 0 saturated heterocycles. The quantitative estimate of drug-likeness (QED) is 0.792. The van der Waals surface area contributed by atoms with Gasteiger partial charge in [0, 0.05) is 17.1 Å². The largest absolute Gasteiger partial charge is 0.387 e. The molecule has 78 valence electrons. The molecule has 0 spiro atoms. The van der Waals surface area contributed by atoms with E-state index in [1.807, 2.05) is 0 Å². The molecule has 0 bridgehead atoms. The van der Waals surface area contributed by atoms with Crippen LogP contribution >= 0.6 is 23.2 Å². The molecule has 0 aromatic heterocycles. The maximum Gasteiger partial charge on any atom is 0.143 e. The summed E-state index contributed by atoms with van der Waals surface area (Å²) in [4.78, 5) is 0. The Bertz CT molecular complexity index is 333. The van der Waals surface area contributed by atoms with Gasteiger partial charge in [-0.3, -0.25) is 0 Å². The van der Waals surface area contributed by atoms with E-state index < -0.39 is 11.9 Å². The van der Waals surface area contributed by atoms with Crippen molar-refractivity contribution in [2.24, 2.45) is 0 Å². The van der Waals surface area contributed by atoms with E-state index in [2.05, 4.69) is 5.32 Å². The lowest BCUT2D eigenvalue weighted by molar-refractivity contribution is 0.178. The topological polar surface area (TPSA) is 32.3 Å². The number of hydrogen-bond donors (Lipinski definition) is 2. The highest BCUT2D eigenvalue weighted by Gasteiger charge is 2.13. The van der Waals surface area contributed by atoms with Gasteiger partial charge in [0.2, 0.25) is 0 Å². The van der Waals surface area contributed by atoms with Gasteiger partial charge in [-0.1, -0.05) is 23.2 Å². The molecule has 0 aliphatic heterocycles. The average molecular weight is 238 g/mol. The number of benzene rings is 1. The average Bonchev–Trinajstić information content (AvgIpc) is 2.11. The fraction of sp³-hybridized carbons (Fsp3) is 0.333. The lowest BCUT2D eigenvalue weighted by Gasteiger charge is -2.12. The fourth-order valence-corrected chi connectivity index (χ4v) is 1.55. The van der Waals surface area contributed by atoms with Crippen molar-refractivity contribution in [1.29, 1.82) is 0 Å². The van der Waals surface area contributed by atoms with Crippen LogP contribution in [0, 0.1) is 5.82 Å². The van der Waals surface area contributed by atoms with Gasteiger partial charge >= 0.3 is 0 Å². The molecule has 5 heteroatoms. The first-order chi connectivity index (χ1) is 6.56. The van der Waals surface area contributed by atoms with Crippen LogP contribution in [0.2, 0.25) is 10.0 Å². The van der Waals surface area contributed by atoms with E-state index in [1.54, 1.807) is 7.05 Å². The molecule has 1 atom stereocenters. The Hall–Kier alpha value is -0.350. The summed E-state index contributed by atoms with van der Waals surface area (Å²) in [5, 5.41) is 12.5. The van der Waals surface area contributed by atoms with Crippen molar-refractivity contribution >= 4 is 23.2 Å². The second-order valence-corrected chi connectivity index (χ2v) is 3.68. The summed E-state index contributed by atoms with van der Waals surface area (Å²) in [5.41, 5.74) is 0.424. The summed E-state index contributed by atoms with van der Waals surface area (Å²) >= 11 is 11.3. The van der Waals surface area contributed by atoms with Crippen LogP contribution in [0.3, 0.4) is 0 Å². The summed E-state index contributed by atoms with van der Waals surface area (Å²) in [5.74, 6) is -0.586. The molecule has 14 heavy (non-hydrogen) atoms. The van der Waals surface area contributed by atoms with E-state index in [0.717, 1.165) is 6.07 Å². The molecule has 0 heterocycles. The lowest BCUT2D eigenvalue weighted by atomic mass is 10.1. The Labute approximate surface area is 91.6 Å². The Morgan fingerprint density at radius 3 is 2.64 bits per heavy atom. The van der Waals surface area contributed by atoms with Crippen molar-refractivity contribution < 1.29 is 9.50 Å². The highest BCUT2D eigenvalue weighted by molar-refractivity contribution is 6.33. The van der Waals surface area contributed by atoms with Gasteiger partial charge in [0.05, 0.1) is 11.1 Å². The third-order valence-corrected chi connectivity index (χ3v) is 2.41. The van der Waals surface area contributed by atoms with Crippen LogP contribution in [0.25, 0.3) is 0 Å². The summed E-state index contributed by atoms with van der Waals surface area (Å²) in [6.07, 6.45) is -0.786. The summed E-state index contributed by atoms with van der Waals surface area (Å²) in [7, 11) is 1.70. The Kier molecular flexibility index (Phi) is 4.13. The summed E-state index contributed by atoms with van der Waals surface area (Å²) in [6.45, 7) is 0.335. The van der Waals surface area contributed by atoms with E-state index in [1.165, 1.54) is 6.07 Å². The minimum absolute atomic E-state index is 0.0421. The molecular weight excluding hydrogens is 228 g/mol. The summed E-state index contributed by atoms with van der Waals surface area (Å²) < 4.78 is 12.9. The molecule has 0 aliphatic rings. The fourth-order valence-electron chi connectivity index (χ4n) is 1.10. The van der Waals surface area contributed by atoms with Crippen LogP contribution < -0.4 is 5.32 Å². The second-order valence-electron chi connectivity index (χ2n) is 2.86. The smallest absolute Gasteiger partial charge is 0.143 e. The van der Waals surface area contributed by atoms with Gasteiger partial charge in [0.25, 0.3) is 0 Å². The first-order valence-corrected chi connectivity index (χ1v) is 4.79. The van der Waals surface area contributed by atoms with Gasteiger partial charge < -0.3 is 10.4 Å². The molecule has 2 nitrogen and oxygen atoms in total. The lowest BCUT2D eigenvalue weighted by Crippen LogP contribution is -2.17. The number of rotatable bonds is 3. The molecule has 0 saturated carbocycles. The van der Waals surface area contributed by atoms with Crippen LogP contribution in [0.1, 0.15) is 11.7 Å². The van der Waals surface area contributed by atoms with Crippen molar-refractivity contribution in [3.8, 4) is 0 Å². The first-order valence-electron chi connectivity index (χ1n) is 4.03. The Balaban J connectivity index is 3.02. The van der Waals surface area contributed by atoms with Gasteiger partial charge in [0.15, 0.2) is 0 Å². The van der Waals surface area contributed by atoms with Crippen LogP contribution in [-0.4, -0.2) is 18.7 Å². The van der Waals surface area contributed by atoms with Crippen LogP contribution in [0.15, 0.2) is 12.1 Å². The SMILES string of the molecule is CNCC(O)c1cc(Cl)c(F)cc1Cl. The van der Waals surface area contributed by atoms with Gasteiger partial charge in [-0.05, 0) is 19.2 Å². The number of aliphatic hydroxyl groups is 1. The number of likely N-dealkylation sites (N-methyl/N-ethyl adjacent to an activating group) is 1. The Morgan fingerprint density at radius 2 is 2.07 bits per heavy atom. The van der Waals surface area contributed by atoms with E-state index >= 15 is 0 Å². The maximum absolute atomic E-state index is 12.9. The predicted molar refractivity (Wildman–Crippen MR) is 55.3 cm³/mol. The number of hydrogen-bond acceptors (Lipinski definition) is 2. The highest BCUT2D eigenvalue weighted by atomic mass is 35.5. The monoisotopic (exact) mass is 237 g/mol. The zero-order chi connectivity index (χ0) is 10.7. The highest BCUT2D eigenvalue weighted by Crippen LogP contribution is 2.28. The van der Waals surface area contributed by atoms with Crippen molar-refractivity contribution in [3.63, 3.8) is 0 Å². The molecule has 1 rings (SSSR count).